The zero-order valence-electron chi connectivity index (χ0n) is 61.6. The maximum Gasteiger partial charge on any atom is 0.306 e. The van der Waals surface area contributed by atoms with Crippen LogP contribution >= 0.6 is 0 Å². The fraction of sp³-hybridized carbons (Fsp3) is 0.793. The average molecular weight is 1280 g/mol. The number of carbonyl (C=O) groups excluding carboxylic acids is 2. The third-order valence-corrected chi connectivity index (χ3v) is 18.4. The van der Waals surface area contributed by atoms with Crippen molar-refractivity contribution in [2.24, 2.45) is 0 Å². The van der Waals surface area contributed by atoms with Gasteiger partial charge in [0.15, 0.2) is 6.10 Å². The molecule has 0 saturated heterocycles. The molecule has 0 aromatic heterocycles. The first kappa shape index (κ1) is 88.8. The number of unbranched alkanes of at least 4 members (excludes halogenated alkanes) is 52. The minimum absolute atomic E-state index is 0.0629. The Kier molecular flexibility index (Phi) is 79.2. The van der Waals surface area contributed by atoms with E-state index in [9.17, 15) is 14.7 Å². The van der Waals surface area contributed by atoms with Crippen molar-refractivity contribution in [3.63, 3.8) is 0 Å². The van der Waals surface area contributed by atoms with Crippen molar-refractivity contribution >= 4 is 11.9 Å². The van der Waals surface area contributed by atoms with Crippen molar-refractivity contribution in [2.75, 3.05) is 13.2 Å². The predicted octanol–water partition coefficient (Wildman–Crippen LogP) is 28.9. The molecule has 0 bridgehead atoms. The van der Waals surface area contributed by atoms with E-state index in [1.807, 2.05) is 0 Å². The summed E-state index contributed by atoms with van der Waals surface area (Å²) >= 11 is 0. The lowest BCUT2D eigenvalue weighted by Gasteiger charge is -2.15. The van der Waals surface area contributed by atoms with Gasteiger partial charge in [-0.3, -0.25) is 9.59 Å². The second kappa shape index (κ2) is 82.1. The summed E-state index contributed by atoms with van der Waals surface area (Å²) in [4.78, 5) is 24.7. The minimum Gasteiger partial charge on any atom is -0.462 e. The molecule has 1 N–H and O–H groups in total. The summed E-state index contributed by atoms with van der Waals surface area (Å²) in [7, 11) is 0. The molecule has 0 saturated carbocycles. The van der Waals surface area contributed by atoms with Gasteiger partial charge < -0.3 is 14.6 Å². The highest BCUT2D eigenvalue weighted by molar-refractivity contribution is 5.70. The summed E-state index contributed by atoms with van der Waals surface area (Å²) in [6.45, 7) is 4.08. The fourth-order valence-corrected chi connectivity index (χ4v) is 12.3. The molecule has 92 heavy (non-hydrogen) atoms. The van der Waals surface area contributed by atoms with Crippen molar-refractivity contribution in [1.82, 2.24) is 0 Å². The van der Waals surface area contributed by atoms with Gasteiger partial charge in [-0.1, -0.05) is 432 Å². The number of aliphatic hydroxyl groups is 1. The van der Waals surface area contributed by atoms with Crippen LogP contribution in [0.1, 0.15) is 425 Å². The van der Waals surface area contributed by atoms with E-state index in [0.717, 1.165) is 89.9 Å². The zero-order valence-corrected chi connectivity index (χ0v) is 61.6. The normalized spacial score (nSPS) is 12.7. The molecule has 0 aromatic carbocycles. The van der Waals surface area contributed by atoms with Gasteiger partial charge in [0, 0.05) is 12.8 Å². The quantitative estimate of drug-likeness (QED) is 0.0373. The number of allylic oxidation sites excluding steroid dienone is 16. The lowest BCUT2D eigenvalue weighted by atomic mass is 10.0. The SMILES string of the molecule is CC/C=C\C/C=C\C/C=C\C/C=C\C/C=C\C/C=C\C/C=C\C/C=C\CCCCCCCCCCCCCCCCCCC(=O)OC(CO)COC(=O)CCCCCCCCCCCCCCCCCCCCCCCCCCCCCCCCCCCCCCC. The van der Waals surface area contributed by atoms with Gasteiger partial charge in [-0.15, -0.1) is 0 Å². The van der Waals surface area contributed by atoms with Crippen LogP contribution in [0.25, 0.3) is 0 Å². The first-order chi connectivity index (χ1) is 45.6. The lowest BCUT2D eigenvalue weighted by Crippen LogP contribution is -2.28. The number of carbonyl (C=O) groups is 2. The predicted molar refractivity (Wildman–Crippen MR) is 408 cm³/mol. The van der Waals surface area contributed by atoms with Crippen LogP contribution in [0.4, 0.5) is 0 Å². The van der Waals surface area contributed by atoms with E-state index >= 15 is 0 Å². The van der Waals surface area contributed by atoms with E-state index in [0.29, 0.717) is 12.8 Å². The molecule has 0 rings (SSSR count). The summed E-state index contributed by atoms with van der Waals surface area (Å²) in [6, 6.07) is 0. The van der Waals surface area contributed by atoms with Crippen molar-refractivity contribution in [3.8, 4) is 0 Å². The van der Waals surface area contributed by atoms with Crippen molar-refractivity contribution in [3.05, 3.63) is 97.2 Å². The molecule has 0 heterocycles. The summed E-state index contributed by atoms with van der Waals surface area (Å²) < 4.78 is 10.8. The Morgan fingerprint density at radius 3 is 0.707 bits per heavy atom. The van der Waals surface area contributed by atoms with Crippen LogP contribution in [-0.2, 0) is 19.1 Å². The molecule has 1 unspecified atom stereocenters. The number of hydrogen-bond acceptors (Lipinski definition) is 5. The molecule has 0 spiro atoms. The standard InChI is InChI=1S/C87H156O5/c1-3-5-7-9-11-13-15-17-19-21-23-25-27-29-31-33-35-37-39-41-42-43-44-46-48-50-52-54-56-58-60-62-64-66-68-70-72-74-76-78-80-82-87(90)92-85(83-88)84-91-86(89)81-79-77-75-73-71-69-67-65-63-61-59-57-55-53-51-49-47-45-40-38-36-34-32-30-28-26-24-22-20-18-16-14-12-10-8-6-4-2/h5,7,11,13,17,19,23,25,29,31,35,37,41-42,44,46,85,88H,3-4,6,8-10,12,14-16,18,20-22,24,26-28,30,32-34,36,38-40,43,45,47-84H2,1-2H3/b7-5-,13-11-,19-17-,25-23-,31-29-,37-35-,42-41-,46-44-. The van der Waals surface area contributed by atoms with Crippen molar-refractivity contribution in [2.45, 2.75) is 431 Å². The van der Waals surface area contributed by atoms with Gasteiger partial charge in [-0.05, 0) is 77.0 Å². The third-order valence-electron chi connectivity index (χ3n) is 18.4. The first-order valence-electron chi connectivity index (χ1n) is 40.8. The van der Waals surface area contributed by atoms with E-state index in [-0.39, 0.29) is 25.2 Å². The van der Waals surface area contributed by atoms with Gasteiger partial charge in [-0.25, -0.2) is 0 Å². The molecule has 5 heteroatoms. The maximum atomic E-state index is 12.4. The Morgan fingerprint density at radius 2 is 0.467 bits per heavy atom. The summed E-state index contributed by atoms with van der Waals surface area (Å²) in [5, 5.41) is 9.73. The number of aliphatic hydroxyl groups excluding tert-OH is 1. The van der Waals surface area contributed by atoms with Crippen LogP contribution in [-0.4, -0.2) is 36.4 Å². The molecule has 0 amide bonds. The van der Waals surface area contributed by atoms with Crippen LogP contribution in [0.2, 0.25) is 0 Å². The maximum absolute atomic E-state index is 12.4. The van der Waals surface area contributed by atoms with Crippen LogP contribution < -0.4 is 0 Å². The molecule has 0 aliphatic rings. The van der Waals surface area contributed by atoms with Crippen LogP contribution in [0.3, 0.4) is 0 Å². The Labute approximate surface area is 574 Å². The molecular formula is C87H156O5. The Hall–Kier alpha value is -3.18. The summed E-state index contributed by atoms with van der Waals surface area (Å²) in [6.07, 6.45) is 118. The molecule has 0 aliphatic heterocycles. The van der Waals surface area contributed by atoms with E-state index in [1.54, 1.807) is 0 Å². The zero-order chi connectivity index (χ0) is 66.1. The van der Waals surface area contributed by atoms with Gasteiger partial charge in [0.1, 0.15) is 6.61 Å². The van der Waals surface area contributed by atoms with E-state index in [1.165, 1.54) is 308 Å². The molecule has 1 atom stereocenters. The summed E-state index contributed by atoms with van der Waals surface area (Å²) in [5.41, 5.74) is 0. The highest BCUT2D eigenvalue weighted by atomic mass is 16.6. The fourth-order valence-electron chi connectivity index (χ4n) is 12.3. The number of hydrogen-bond donors (Lipinski definition) is 1. The van der Waals surface area contributed by atoms with E-state index in [2.05, 4.69) is 111 Å². The number of rotatable bonds is 76. The van der Waals surface area contributed by atoms with Crippen LogP contribution in [0.15, 0.2) is 97.2 Å². The molecule has 534 valence electrons. The Morgan fingerprint density at radius 1 is 0.261 bits per heavy atom. The van der Waals surface area contributed by atoms with Crippen molar-refractivity contribution < 1.29 is 24.2 Å². The van der Waals surface area contributed by atoms with Crippen molar-refractivity contribution in [1.29, 1.82) is 0 Å². The minimum atomic E-state index is -0.775. The second-order valence-electron chi connectivity index (χ2n) is 27.5. The van der Waals surface area contributed by atoms with E-state index < -0.39 is 6.10 Å². The van der Waals surface area contributed by atoms with Crippen LogP contribution in [0.5, 0.6) is 0 Å². The van der Waals surface area contributed by atoms with Gasteiger partial charge in [0.25, 0.3) is 0 Å². The molecule has 5 nitrogen and oxygen atoms in total. The topological polar surface area (TPSA) is 72.8 Å². The highest BCUT2D eigenvalue weighted by Gasteiger charge is 2.16. The van der Waals surface area contributed by atoms with Gasteiger partial charge in [0.05, 0.1) is 6.61 Å². The third kappa shape index (κ3) is 79.3. The second-order valence-corrected chi connectivity index (χ2v) is 27.5. The van der Waals surface area contributed by atoms with Gasteiger partial charge in [0.2, 0.25) is 0 Å². The highest BCUT2D eigenvalue weighted by Crippen LogP contribution is 2.20. The first-order valence-corrected chi connectivity index (χ1v) is 40.8. The lowest BCUT2D eigenvalue weighted by molar-refractivity contribution is -0.161. The molecule has 0 radical (unpaired) electrons. The number of esters is 2. The molecular weight excluding hydrogens is 1120 g/mol. The largest absolute Gasteiger partial charge is 0.462 e. The Balaban J connectivity index is 3.41. The van der Waals surface area contributed by atoms with E-state index in [4.69, 9.17) is 9.47 Å². The molecule has 0 aromatic rings. The van der Waals surface area contributed by atoms with Crippen LogP contribution in [0, 0.1) is 0 Å². The van der Waals surface area contributed by atoms with Gasteiger partial charge >= 0.3 is 11.9 Å². The number of ether oxygens (including phenoxy) is 2. The molecule has 0 aliphatic carbocycles. The summed E-state index contributed by atoms with van der Waals surface area (Å²) in [5.74, 6) is -0.571. The average Bonchev–Trinajstić information content (AvgIpc) is 3.64. The monoisotopic (exact) mass is 1280 g/mol. The smallest absolute Gasteiger partial charge is 0.306 e. The Bertz CT molecular complexity index is 1700. The molecule has 0 fully saturated rings. The van der Waals surface area contributed by atoms with Gasteiger partial charge in [-0.2, -0.15) is 0 Å².